The Kier molecular flexibility index (Phi) is 6.80. The molecule has 0 spiro atoms. The molecule has 0 rings (SSSR count). The zero-order valence-electron chi connectivity index (χ0n) is 11.0. The summed E-state index contributed by atoms with van der Waals surface area (Å²) in [5.41, 5.74) is -0.807. The fourth-order valence-corrected chi connectivity index (χ4v) is 1.83. The molecule has 0 unspecified atom stereocenters. The van der Waals surface area contributed by atoms with E-state index in [-0.39, 0.29) is 5.91 Å². The summed E-state index contributed by atoms with van der Waals surface area (Å²) in [4.78, 5) is 12.0. The van der Waals surface area contributed by atoms with Gasteiger partial charge in [0, 0.05) is 6.54 Å². The topological polar surface area (TPSA) is 52.9 Å². The average molecular weight is 224 g/mol. The largest absolute Gasteiger partial charge is 0.354 e. The molecule has 92 valence electrons. The van der Waals surface area contributed by atoms with Gasteiger partial charge in [0.05, 0.1) is 6.07 Å². The van der Waals surface area contributed by atoms with Crippen LogP contribution in [0.1, 0.15) is 53.4 Å². The highest BCUT2D eigenvalue weighted by Crippen LogP contribution is 2.29. The molecular weight excluding hydrogens is 200 g/mol. The molecule has 0 atom stereocenters. The number of amides is 1. The van der Waals surface area contributed by atoms with Crippen molar-refractivity contribution in [3.05, 3.63) is 0 Å². The summed E-state index contributed by atoms with van der Waals surface area (Å²) in [6, 6.07) is 2.23. The lowest BCUT2D eigenvalue weighted by molar-refractivity contribution is -0.129. The Balaban J connectivity index is 4.61. The number of hydrogen-bond donors (Lipinski definition) is 1. The van der Waals surface area contributed by atoms with Crippen LogP contribution in [-0.2, 0) is 4.79 Å². The average Bonchev–Trinajstić information content (AvgIpc) is 2.25. The van der Waals surface area contributed by atoms with E-state index in [1.165, 1.54) is 0 Å². The van der Waals surface area contributed by atoms with Gasteiger partial charge in [0.15, 0.2) is 0 Å². The lowest BCUT2D eigenvalue weighted by atomic mass is 9.79. The monoisotopic (exact) mass is 224 g/mol. The van der Waals surface area contributed by atoms with Gasteiger partial charge in [-0.15, -0.1) is 0 Å². The molecule has 0 bridgehead atoms. The van der Waals surface area contributed by atoms with E-state index in [0.29, 0.717) is 25.3 Å². The van der Waals surface area contributed by atoms with Crippen LogP contribution < -0.4 is 5.32 Å². The quantitative estimate of drug-likeness (QED) is 0.723. The van der Waals surface area contributed by atoms with Crippen molar-refractivity contribution in [1.82, 2.24) is 5.32 Å². The summed E-state index contributed by atoms with van der Waals surface area (Å²) in [7, 11) is 0. The molecule has 1 amide bonds. The number of carbonyl (C=O) groups is 1. The van der Waals surface area contributed by atoms with E-state index in [4.69, 9.17) is 0 Å². The first kappa shape index (κ1) is 15.0. The minimum absolute atomic E-state index is 0.0904. The van der Waals surface area contributed by atoms with E-state index in [2.05, 4.69) is 11.4 Å². The molecule has 0 aliphatic heterocycles. The van der Waals surface area contributed by atoms with E-state index in [1.807, 2.05) is 27.7 Å². The van der Waals surface area contributed by atoms with Crippen molar-refractivity contribution < 1.29 is 4.79 Å². The van der Waals surface area contributed by atoms with Crippen LogP contribution >= 0.6 is 0 Å². The number of rotatable bonds is 7. The van der Waals surface area contributed by atoms with Gasteiger partial charge in [-0.05, 0) is 18.8 Å². The van der Waals surface area contributed by atoms with Crippen molar-refractivity contribution in [2.45, 2.75) is 53.4 Å². The Morgan fingerprint density at radius 2 is 1.81 bits per heavy atom. The third kappa shape index (κ3) is 4.22. The molecule has 16 heavy (non-hydrogen) atoms. The third-order valence-electron chi connectivity index (χ3n) is 2.67. The number of nitriles is 1. The first-order valence-electron chi connectivity index (χ1n) is 6.22. The van der Waals surface area contributed by atoms with E-state index in [1.54, 1.807) is 0 Å². The highest BCUT2D eigenvalue weighted by Gasteiger charge is 2.36. The molecule has 0 saturated heterocycles. The minimum atomic E-state index is -0.807. The SMILES string of the molecule is CCCC(C#N)(CCC)C(=O)NCC(C)C. The van der Waals surface area contributed by atoms with Gasteiger partial charge in [0.2, 0.25) is 5.91 Å². The maximum atomic E-state index is 12.0. The van der Waals surface area contributed by atoms with E-state index in [9.17, 15) is 10.1 Å². The Morgan fingerprint density at radius 1 is 1.31 bits per heavy atom. The highest BCUT2D eigenvalue weighted by atomic mass is 16.2. The van der Waals surface area contributed by atoms with E-state index >= 15 is 0 Å². The molecule has 1 N–H and O–H groups in total. The smallest absolute Gasteiger partial charge is 0.240 e. The standard InChI is InChI=1S/C13H24N2O/c1-5-7-13(10-14,8-6-2)12(16)15-9-11(3)4/h11H,5-9H2,1-4H3,(H,15,16). The fraction of sp³-hybridized carbons (Fsp3) is 0.846. The number of carbonyl (C=O) groups excluding carboxylic acids is 1. The van der Waals surface area contributed by atoms with Crippen LogP contribution in [-0.4, -0.2) is 12.5 Å². The first-order chi connectivity index (χ1) is 7.52. The summed E-state index contributed by atoms with van der Waals surface area (Å²) in [5, 5.41) is 12.1. The van der Waals surface area contributed by atoms with Crippen LogP contribution in [0, 0.1) is 22.7 Å². The second-order valence-corrected chi connectivity index (χ2v) is 4.80. The number of nitrogens with zero attached hydrogens (tertiary/aromatic N) is 1. The lowest BCUT2D eigenvalue weighted by Crippen LogP contribution is -2.41. The summed E-state index contributed by atoms with van der Waals surface area (Å²) >= 11 is 0. The molecule has 3 nitrogen and oxygen atoms in total. The van der Waals surface area contributed by atoms with Crippen LogP contribution in [0.3, 0.4) is 0 Å². The van der Waals surface area contributed by atoms with Crippen molar-refractivity contribution in [1.29, 1.82) is 5.26 Å². The maximum absolute atomic E-state index is 12.0. The van der Waals surface area contributed by atoms with Crippen molar-refractivity contribution >= 4 is 5.91 Å². The van der Waals surface area contributed by atoms with Crippen molar-refractivity contribution in [3.8, 4) is 6.07 Å². The van der Waals surface area contributed by atoms with E-state index < -0.39 is 5.41 Å². The zero-order valence-corrected chi connectivity index (χ0v) is 11.0. The fourth-order valence-electron chi connectivity index (χ4n) is 1.83. The van der Waals surface area contributed by atoms with Gasteiger partial charge in [-0.1, -0.05) is 40.5 Å². The van der Waals surface area contributed by atoms with Crippen molar-refractivity contribution in [2.75, 3.05) is 6.54 Å². The van der Waals surface area contributed by atoms with Gasteiger partial charge >= 0.3 is 0 Å². The summed E-state index contributed by atoms with van der Waals surface area (Å²) in [6.45, 7) is 8.77. The van der Waals surface area contributed by atoms with Crippen molar-refractivity contribution in [2.24, 2.45) is 11.3 Å². The Labute approximate surface area is 99.2 Å². The Morgan fingerprint density at radius 3 is 2.12 bits per heavy atom. The molecule has 0 fully saturated rings. The Hall–Kier alpha value is -1.04. The highest BCUT2D eigenvalue weighted by molar-refractivity contribution is 5.85. The van der Waals surface area contributed by atoms with Gasteiger partial charge < -0.3 is 5.32 Å². The molecule has 3 heteroatoms. The van der Waals surface area contributed by atoms with Crippen LogP contribution in [0.15, 0.2) is 0 Å². The zero-order chi connectivity index (χ0) is 12.6. The van der Waals surface area contributed by atoms with Crippen LogP contribution in [0.5, 0.6) is 0 Å². The maximum Gasteiger partial charge on any atom is 0.240 e. The number of hydrogen-bond acceptors (Lipinski definition) is 2. The molecule has 0 aliphatic rings. The van der Waals surface area contributed by atoms with Crippen LogP contribution in [0.4, 0.5) is 0 Å². The normalized spacial score (nSPS) is 11.2. The molecule has 0 saturated carbocycles. The summed E-state index contributed by atoms with van der Waals surface area (Å²) in [6.07, 6.45) is 3.04. The van der Waals surface area contributed by atoms with Gasteiger partial charge in [0.25, 0.3) is 0 Å². The van der Waals surface area contributed by atoms with Gasteiger partial charge in [-0.25, -0.2) is 0 Å². The second-order valence-electron chi connectivity index (χ2n) is 4.80. The van der Waals surface area contributed by atoms with Crippen LogP contribution in [0.2, 0.25) is 0 Å². The summed E-state index contributed by atoms with van der Waals surface area (Å²) < 4.78 is 0. The molecular formula is C13H24N2O. The molecule has 0 radical (unpaired) electrons. The van der Waals surface area contributed by atoms with Crippen molar-refractivity contribution in [3.63, 3.8) is 0 Å². The Bertz CT molecular complexity index is 247. The minimum Gasteiger partial charge on any atom is -0.354 e. The van der Waals surface area contributed by atoms with E-state index in [0.717, 1.165) is 12.8 Å². The first-order valence-corrected chi connectivity index (χ1v) is 6.22. The van der Waals surface area contributed by atoms with Gasteiger partial charge in [-0.3, -0.25) is 4.79 Å². The molecule has 0 aromatic rings. The molecule has 0 heterocycles. The lowest BCUT2D eigenvalue weighted by Gasteiger charge is -2.25. The second kappa shape index (κ2) is 7.27. The summed E-state index contributed by atoms with van der Waals surface area (Å²) in [5.74, 6) is 0.330. The van der Waals surface area contributed by atoms with Gasteiger partial charge in [0.1, 0.15) is 5.41 Å². The van der Waals surface area contributed by atoms with Gasteiger partial charge in [-0.2, -0.15) is 5.26 Å². The number of nitrogens with one attached hydrogen (secondary N) is 1. The predicted octanol–water partition coefficient (Wildman–Crippen LogP) is 2.87. The predicted molar refractivity (Wildman–Crippen MR) is 65.7 cm³/mol. The molecule has 0 aromatic heterocycles. The molecule has 0 aromatic carbocycles. The molecule has 0 aliphatic carbocycles. The third-order valence-corrected chi connectivity index (χ3v) is 2.67. The van der Waals surface area contributed by atoms with Crippen LogP contribution in [0.25, 0.3) is 0 Å².